The van der Waals surface area contributed by atoms with Gasteiger partial charge in [-0.1, -0.05) is 326 Å². The molecule has 6 heteroatoms. The smallest absolute Gasteiger partial charge is 0.305 e. The SMILES string of the molecule is CCCCC/C=C\C/C=C\CCCCCCCCCC(=O)OCCCCCCCCCCCCCC/C=C\CCCCCCCCCCCCCCCCCCCC(=O)NC(CO)C(O)CCCCCCCCCCCCC. The van der Waals surface area contributed by atoms with E-state index in [0.29, 0.717) is 25.9 Å². The number of carbonyl (C=O) groups is 2. The molecule has 0 radical (unpaired) electrons. The first-order chi connectivity index (χ1) is 38.5. The minimum Gasteiger partial charge on any atom is -0.466 e. The van der Waals surface area contributed by atoms with E-state index in [1.54, 1.807) is 0 Å². The van der Waals surface area contributed by atoms with Crippen LogP contribution in [0, 0.1) is 0 Å². The fourth-order valence-electron chi connectivity index (χ4n) is 11.0. The predicted octanol–water partition coefficient (Wildman–Crippen LogP) is 22.7. The average molecular weight is 1100 g/mol. The molecule has 0 bridgehead atoms. The summed E-state index contributed by atoms with van der Waals surface area (Å²) in [6.07, 6.45) is 86.3. The Hall–Kier alpha value is -1.92. The van der Waals surface area contributed by atoms with Gasteiger partial charge in [0.1, 0.15) is 0 Å². The van der Waals surface area contributed by atoms with Crippen LogP contribution in [0.4, 0.5) is 0 Å². The highest BCUT2D eigenvalue weighted by atomic mass is 16.5. The second-order valence-corrected chi connectivity index (χ2v) is 24.2. The zero-order valence-electron chi connectivity index (χ0n) is 52.7. The lowest BCUT2D eigenvalue weighted by molar-refractivity contribution is -0.143. The molecular formula is C72H137NO5. The molecule has 78 heavy (non-hydrogen) atoms. The van der Waals surface area contributed by atoms with Crippen molar-refractivity contribution >= 4 is 11.9 Å². The van der Waals surface area contributed by atoms with Crippen molar-refractivity contribution in [3.63, 3.8) is 0 Å². The molecule has 0 rings (SSSR count). The van der Waals surface area contributed by atoms with E-state index >= 15 is 0 Å². The number of esters is 1. The first-order valence-electron chi connectivity index (χ1n) is 35.2. The van der Waals surface area contributed by atoms with Gasteiger partial charge in [-0.2, -0.15) is 0 Å². The van der Waals surface area contributed by atoms with Crippen LogP contribution in [0.5, 0.6) is 0 Å². The molecule has 3 N–H and O–H groups in total. The number of hydrogen-bond donors (Lipinski definition) is 3. The van der Waals surface area contributed by atoms with Gasteiger partial charge >= 0.3 is 5.97 Å². The highest BCUT2D eigenvalue weighted by molar-refractivity contribution is 5.76. The van der Waals surface area contributed by atoms with Crippen molar-refractivity contribution in [3.05, 3.63) is 36.5 Å². The van der Waals surface area contributed by atoms with Crippen LogP contribution in [0.2, 0.25) is 0 Å². The molecule has 0 heterocycles. The van der Waals surface area contributed by atoms with E-state index in [9.17, 15) is 19.8 Å². The minimum atomic E-state index is -0.660. The third-order valence-electron chi connectivity index (χ3n) is 16.4. The second kappa shape index (κ2) is 67.6. The number of aliphatic hydroxyl groups excluding tert-OH is 2. The maximum Gasteiger partial charge on any atom is 0.305 e. The van der Waals surface area contributed by atoms with Crippen LogP contribution < -0.4 is 5.32 Å². The molecule has 0 spiro atoms. The van der Waals surface area contributed by atoms with Gasteiger partial charge in [-0.25, -0.2) is 0 Å². The van der Waals surface area contributed by atoms with Crippen LogP contribution in [-0.4, -0.2) is 47.4 Å². The zero-order chi connectivity index (χ0) is 56.4. The molecule has 0 aliphatic carbocycles. The van der Waals surface area contributed by atoms with Gasteiger partial charge in [-0.3, -0.25) is 9.59 Å². The Balaban J connectivity index is 3.33. The van der Waals surface area contributed by atoms with E-state index in [-0.39, 0.29) is 18.5 Å². The van der Waals surface area contributed by atoms with Crippen LogP contribution >= 0.6 is 0 Å². The van der Waals surface area contributed by atoms with Crippen molar-refractivity contribution < 1.29 is 24.5 Å². The van der Waals surface area contributed by atoms with Crippen LogP contribution in [0.3, 0.4) is 0 Å². The average Bonchev–Trinajstić information content (AvgIpc) is 3.44. The van der Waals surface area contributed by atoms with Crippen molar-refractivity contribution in [3.8, 4) is 0 Å². The molecule has 0 saturated carbocycles. The summed E-state index contributed by atoms with van der Waals surface area (Å²) in [7, 11) is 0. The molecule has 0 fully saturated rings. The van der Waals surface area contributed by atoms with Crippen molar-refractivity contribution in [1.82, 2.24) is 5.32 Å². The normalized spacial score (nSPS) is 12.7. The van der Waals surface area contributed by atoms with E-state index in [1.807, 2.05) is 0 Å². The molecule has 0 aromatic carbocycles. The number of carbonyl (C=O) groups excluding carboxylic acids is 2. The number of unbranched alkanes of at least 4 members (excludes halogenated alkanes) is 49. The lowest BCUT2D eigenvalue weighted by Gasteiger charge is -2.22. The van der Waals surface area contributed by atoms with Crippen molar-refractivity contribution in [2.75, 3.05) is 13.2 Å². The highest BCUT2D eigenvalue weighted by Gasteiger charge is 2.20. The molecule has 0 aromatic heterocycles. The van der Waals surface area contributed by atoms with Crippen LogP contribution in [0.1, 0.15) is 386 Å². The van der Waals surface area contributed by atoms with Crippen molar-refractivity contribution in [2.45, 2.75) is 398 Å². The Bertz CT molecular complexity index is 1260. The number of hydrogen-bond acceptors (Lipinski definition) is 5. The van der Waals surface area contributed by atoms with E-state index in [2.05, 4.69) is 55.6 Å². The van der Waals surface area contributed by atoms with Gasteiger partial charge in [0.2, 0.25) is 5.91 Å². The summed E-state index contributed by atoms with van der Waals surface area (Å²) in [5.74, 6) is -0.0202. The van der Waals surface area contributed by atoms with Gasteiger partial charge in [0.15, 0.2) is 0 Å². The Kier molecular flexibility index (Phi) is 65.9. The number of nitrogens with one attached hydrogen (secondary N) is 1. The Morgan fingerprint density at radius 3 is 1.01 bits per heavy atom. The molecule has 460 valence electrons. The quantitative estimate of drug-likeness (QED) is 0.0320. The topological polar surface area (TPSA) is 95.9 Å². The van der Waals surface area contributed by atoms with E-state index in [4.69, 9.17) is 4.74 Å². The summed E-state index contributed by atoms with van der Waals surface area (Å²) in [4.78, 5) is 24.6. The molecule has 0 aliphatic rings. The van der Waals surface area contributed by atoms with Gasteiger partial charge in [0.05, 0.1) is 25.4 Å². The van der Waals surface area contributed by atoms with Gasteiger partial charge in [0, 0.05) is 12.8 Å². The minimum absolute atomic E-state index is 0.0112. The summed E-state index contributed by atoms with van der Waals surface area (Å²) in [6.45, 7) is 4.94. The van der Waals surface area contributed by atoms with Crippen LogP contribution in [0.25, 0.3) is 0 Å². The Labute approximate surface area is 487 Å². The lowest BCUT2D eigenvalue weighted by Crippen LogP contribution is -2.45. The molecule has 2 unspecified atom stereocenters. The Morgan fingerprint density at radius 1 is 0.359 bits per heavy atom. The number of rotatable bonds is 66. The number of allylic oxidation sites excluding steroid dienone is 6. The highest BCUT2D eigenvalue weighted by Crippen LogP contribution is 2.18. The fourth-order valence-corrected chi connectivity index (χ4v) is 11.0. The Morgan fingerprint density at radius 2 is 0.641 bits per heavy atom. The molecule has 0 aliphatic heterocycles. The molecule has 0 saturated heterocycles. The predicted molar refractivity (Wildman–Crippen MR) is 343 cm³/mol. The summed E-state index contributed by atoms with van der Waals surface area (Å²) < 4.78 is 5.50. The first-order valence-corrected chi connectivity index (χ1v) is 35.2. The summed E-state index contributed by atoms with van der Waals surface area (Å²) >= 11 is 0. The molecule has 6 nitrogen and oxygen atoms in total. The molecular weight excluding hydrogens is 959 g/mol. The van der Waals surface area contributed by atoms with Crippen LogP contribution in [-0.2, 0) is 14.3 Å². The standard InChI is InChI=1S/C72H137NO5/c1-3-5-7-9-11-13-15-16-17-35-39-42-46-50-54-58-62-66-72(77)78-67-63-59-55-51-47-43-40-37-34-32-30-28-26-24-22-20-18-19-21-23-25-27-29-31-33-36-38-41-45-49-53-57-61-65-71(76)73-69(68-74)70(75)64-60-56-52-48-44-14-12-10-8-6-4-2/h11,13,16-17,22,24,69-70,74-75H,3-10,12,14-15,18-21,23,25-68H2,1-2H3,(H,73,76)/b13-11-,17-16-,24-22-. The maximum atomic E-state index is 12.5. The van der Waals surface area contributed by atoms with Crippen LogP contribution in [0.15, 0.2) is 36.5 Å². The number of ether oxygens (including phenoxy) is 1. The third kappa shape index (κ3) is 63.3. The summed E-state index contributed by atoms with van der Waals surface area (Å²) in [5, 5.41) is 23.2. The van der Waals surface area contributed by atoms with E-state index < -0.39 is 12.1 Å². The first kappa shape index (κ1) is 76.1. The summed E-state index contributed by atoms with van der Waals surface area (Å²) in [5.41, 5.74) is 0. The zero-order valence-corrected chi connectivity index (χ0v) is 52.7. The van der Waals surface area contributed by atoms with Gasteiger partial charge in [0.25, 0.3) is 0 Å². The van der Waals surface area contributed by atoms with E-state index in [1.165, 1.54) is 302 Å². The maximum absolute atomic E-state index is 12.5. The number of amides is 1. The van der Waals surface area contributed by atoms with Crippen molar-refractivity contribution in [2.24, 2.45) is 0 Å². The third-order valence-corrected chi connectivity index (χ3v) is 16.4. The molecule has 1 amide bonds. The van der Waals surface area contributed by atoms with Gasteiger partial charge < -0.3 is 20.3 Å². The molecule has 2 atom stereocenters. The fraction of sp³-hybridized carbons (Fsp3) is 0.889. The van der Waals surface area contributed by atoms with Gasteiger partial charge in [-0.15, -0.1) is 0 Å². The summed E-state index contributed by atoms with van der Waals surface area (Å²) in [6, 6.07) is -0.538. The monoisotopic (exact) mass is 1100 g/mol. The molecule has 0 aromatic rings. The van der Waals surface area contributed by atoms with Crippen molar-refractivity contribution in [1.29, 1.82) is 0 Å². The second-order valence-electron chi connectivity index (χ2n) is 24.2. The number of aliphatic hydroxyl groups is 2. The largest absolute Gasteiger partial charge is 0.466 e. The van der Waals surface area contributed by atoms with E-state index in [0.717, 1.165) is 51.4 Å². The van der Waals surface area contributed by atoms with Gasteiger partial charge in [-0.05, 0) is 83.5 Å². The lowest BCUT2D eigenvalue weighted by atomic mass is 10.0.